The number of para-hydroxylation sites is 1. The highest BCUT2D eigenvalue weighted by Gasteiger charge is 2.10. The van der Waals surface area contributed by atoms with E-state index in [4.69, 9.17) is 10.5 Å². The average molecular weight is 312 g/mol. The van der Waals surface area contributed by atoms with E-state index >= 15 is 0 Å². The molecule has 0 atom stereocenters. The van der Waals surface area contributed by atoms with Crippen molar-refractivity contribution in [1.29, 1.82) is 0 Å². The van der Waals surface area contributed by atoms with Crippen LogP contribution in [0.15, 0.2) is 53.3 Å². The van der Waals surface area contributed by atoms with Crippen molar-refractivity contribution in [2.45, 2.75) is 6.54 Å². The first kappa shape index (κ1) is 14.9. The number of fused-ring (bicyclic) bond motifs is 1. The van der Waals surface area contributed by atoms with Crippen molar-refractivity contribution in [2.75, 3.05) is 11.9 Å². The van der Waals surface area contributed by atoms with Gasteiger partial charge in [-0.1, -0.05) is 18.2 Å². The third-order valence-electron chi connectivity index (χ3n) is 3.33. The van der Waals surface area contributed by atoms with E-state index in [0.717, 1.165) is 0 Å². The number of nitrogens with zero attached hydrogens (tertiary/aromatic N) is 1. The van der Waals surface area contributed by atoms with E-state index in [1.54, 1.807) is 30.3 Å². The molecule has 1 aromatic heterocycles. The van der Waals surface area contributed by atoms with Crippen LogP contribution in [0.5, 0.6) is 5.75 Å². The number of imidazole rings is 1. The molecule has 0 aliphatic carbocycles. The molecule has 118 valence electrons. The van der Waals surface area contributed by atoms with Gasteiger partial charge in [-0.3, -0.25) is 9.88 Å². The minimum absolute atomic E-state index is 0.240. The number of rotatable bonds is 4. The van der Waals surface area contributed by atoms with Crippen molar-refractivity contribution in [3.63, 3.8) is 0 Å². The van der Waals surface area contributed by atoms with Crippen molar-refractivity contribution in [3.8, 4) is 5.75 Å². The molecule has 0 fully saturated rings. The third-order valence-corrected chi connectivity index (χ3v) is 3.33. The molecule has 3 aromatic rings. The van der Waals surface area contributed by atoms with Gasteiger partial charge in [0.05, 0.1) is 11.0 Å². The van der Waals surface area contributed by atoms with E-state index in [0.29, 0.717) is 35.6 Å². The molecule has 7 nitrogen and oxygen atoms in total. The number of aromatic amines is 1. The lowest BCUT2D eigenvalue weighted by Crippen LogP contribution is -2.21. The maximum Gasteiger partial charge on any atom is 0.417 e. The van der Waals surface area contributed by atoms with Crippen molar-refractivity contribution in [1.82, 2.24) is 9.55 Å². The van der Waals surface area contributed by atoms with Crippen molar-refractivity contribution in [3.05, 3.63) is 59.0 Å². The second-order valence-electron chi connectivity index (χ2n) is 4.93. The van der Waals surface area contributed by atoms with Crippen LogP contribution in [0.1, 0.15) is 0 Å². The Labute approximate surface area is 131 Å². The average Bonchev–Trinajstić information content (AvgIpc) is 2.84. The van der Waals surface area contributed by atoms with Gasteiger partial charge >= 0.3 is 11.8 Å². The number of anilines is 1. The Morgan fingerprint density at radius 2 is 2.00 bits per heavy atom. The number of amides is 1. The summed E-state index contributed by atoms with van der Waals surface area (Å²) in [6.07, 6.45) is -0.598. The first-order chi connectivity index (χ1) is 11.2. The lowest BCUT2D eigenvalue weighted by molar-refractivity contribution is 0.215. The molecule has 0 radical (unpaired) electrons. The molecule has 0 saturated carbocycles. The van der Waals surface area contributed by atoms with Gasteiger partial charge in [-0.2, -0.15) is 0 Å². The van der Waals surface area contributed by atoms with Gasteiger partial charge in [-0.25, -0.2) is 9.59 Å². The monoisotopic (exact) mass is 312 g/mol. The summed E-state index contributed by atoms with van der Waals surface area (Å²) in [7, 11) is 0. The smallest absolute Gasteiger partial charge is 0.410 e. The van der Waals surface area contributed by atoms with Crippen LogP contribution in [0.2, 0.25) is 0 Å². The van der Waals surface area contributed by atoms with Crippen LogP contribution in [0.25, 0.3) is 11.0 Å². The molecular formula is C16H16N4O3. The van der Waals surface area contributed by atoms with Crippen LogP contribution in [-0.4, -0.2) is 22.2 Å². The van der Waals surface area contributed by atoms with Crippen LogP contribution in [0.4, 0.5) is 10.5 Å². The highest BCUT2D eigenvalue weighted by Crippen LogP contribution is 2.19. The standard InChI is InChI=1S/C16H16N4O3/c17-8-9-20-14-10-12(6-7-13(14)19-15(20)21)23-16(22)18-11-4-2-1-3-5-11/h1-7,10H,8-9,17H2,(H,18,22)(H,19,21). The van der Waals surface area contributed by atoms with E-state index < -0.39 is 6.09 Å². The first-order valence-electron chi connectivity index (χ1n) is 7.14. The SMILES string of the molecule is NCCn1c(=O)[nH]c2ccc(OC(=O)Nc3ccccc3)cc21. The molecule has 7 heteroatoms. The summed E-state index contributed by atoms with van der Waals surface area (Å²) in [5.41, 5.74) is 7.22. The second-order valence-corrected chi connectivity index (χ2v) is 4.93. The number of nitrogens with one attached hydrogen (secondary N) is 2. The highest BCUT2D eigenvalue weighted by molar-refractivity contribution is 5.87. The maximum atomic E-state index is 11.9. The van der Waals surface area contributed by atoms with E-state index in [-0.39, 0.29) is 5.69 Å². The Bertz CT molecular complexity index is 883. The largest absolute Gasteiger partial charge is 0.417 e. The number of ether oxygens (including phenoxy) is 1. The minimum atomic E-state index is -0.598. The molecule has 4 N–H and O–H groups in total. The number of hydrogen-bond acceptors (Lipinski definition) is 4. The molecule has 0 aliphatic rings. The Morgan fingerprint density at radius 3 is 2.74 bits per heavy atom. The number of hydrogen-bond donors (Lipinski definition) is 3. The Morgan fingerprint density at radius 1 is 1.22 bits per heavy atom. The topological polar surface area (TPSA) is 102 Å². The summed E-state index contributed by atoms with van der Waals surface area (Å²) < 4.78 is 6.77. The molecule has 1 heterocycles. The molecular weight excluding hydrogens is 296 g/mol. The van der Waals surface area contributed by atoms with Gasteiger partial charge in [0, 0.05) is 24.8 Å². The van der Waals surface area contributed by atoms with Gasteiger partial charge < -0.3 is 15.5 Å². The van der Waals surface area contributed by atoms with Crippen molar-refractivity contribution in [2.24, 2.45) is 5.73 Å². The molecule has 3 rings (SSSR count). The maximum absolute atomic E-state index is 11.9. The molecule has 23 heavy (non-hydrogen) atoms. The number of nitrogens with two attached hydrogens (primary N) is 1. The Balaban J connectivity index is 1.81. The fraction of sp³-hybridized carbons (Fsp3) is 0.125. The Kier molecular flexibility index (Phi) is 4.11. The molecule has 0 aliphatic heterocycles. The minimum Gasteiger partial charge on any atom is -0.410 e. The molecule has 2 aromatic carbocycles. The normalized spacial score (nSPS) is 10.7. The summed E-state index contributed by atoms with van der Waals surface area (Å²) in [5.74, 6) is 0.343. The summed E-state index contributed by atoms with van der Waals surface area (Å²) in [6, 6.07) is 13.9. The summed E-state index contributed by atoms with van der Waals surface area (Å²) in [4.78, 5) is 26.5. The molecule has 0 spiro atoms. The quantitative estimate of drug-likeness (QED) is 0.684. The van der Waals surface area contributed by atoms with Crippen LogP contribution < -0.4 is 21.5 Å². The van der Waals surface area contributed by atoms with Crippen LogP contribution >= 0.6 is 0 Å². The van der Waals surface area contributed by atoms with Crippen LogP contribution in [-0.2, 0) is 6.54 Å². The number of carbonyl (C=O) groups excluding carboxylic acids is 1. The van der Waals surface area contributed by atoms with Crippen molar-refractivity contribution >= 4 is 22.8 Å². The van der Waals surface area contributed by atoms with E-state index in [1.165, 1.54) is 4.57 Å². The van der Waals surface area contributed by atoms with Gasteiger partial charge in [0.25, 0.3) is 0 Å². The molecule has 1 amide bonds. The van der Waals surface area contributed by atoms with Gasteiger partial charge in [0.2, 0.25) is 0 Å². The molecule has 0 unspecified atom stereocenters. The summed E-state index contributed by atoms with van der Waals surface area (Å²) in [5, 5.41) is 2.63. The third kappa shape index (κ3) is 3.24. The van der Waals surface area contributed by atoms with Crippen LogP contribution in [0.3, 0.4) is 0 Å². The zero-order chi connectivity index (χ0) is 16.2. The first-order valence-corrected chi connectivity index (χ1v) is 7.14. The predicted octanol–water partition coefficient (Wildman–Crippen LogP) is 1.90. The lowest BCUT2D eigenvalue weighted by atomic mass is 10.3. The van der Waals surface area contributed by atoms with Gasteiger partial charge in [0.1, 0.15) is 5.75 Å². The molecule has 0 bridgehead atoms. The van der Waals surface area contributed by atoms with Gasteiger partial charge in [0.15, 0.2) is 0 Å². The lowest BCUT2D eigenvalue weighted by Gasteiger charge is -2.07. The predicted molar refractivity (Wildman–Crippen MR) is 87.7 cm³/mol. The highest BCUT2D eigenvalue weighted by atomic mass is 16.6. The second kappa shape index (κ2) is 6.37. The van der Waals surface area contributed by atoms with Gasteiger partial charge in [-0.05, 0) is 24.3 Å². The van der Waals surface area contributed by atoms with Crippen LogP contribution in [0, 0.1) is 0 Å². The van der Waals surface area contributed by atoms with E-state index in [2.05, 4.69) is 10.3 Å². The number of carbonyl (C=O) groups is 1. The zero-order valence-electron chi connectivity index (χ0n) is 12.3. The van der Waals surface area contributed by atoms with Gasteiger partial charge in [-0.15, -0.1) is 0 Å². The summed E-state index contributed by atoms with van der Waals surface area (Å²) in [6.45, 7) is 0.727. The fourth-order valence-corrected chi connectivity index (χ4v) is 2.32. The van der Waals surface area contributed by atoms with Crippen molar-refractivity contribution < 1.29 is 9.53 Å². The zero-order valence-corrected chi connectivity index (χ0v) is 12.3. The number of benzene rings is 2. The van der Waals surface area contributed by atoms with E-state index in [1.807, 2.05) is 18.2 Å². The summed E-state index contributed by atoms with van der Waals surface area (Å²) >= 11 is 0. The Hall–Kier alpha value is -3.06. The fourth-order valence-electron chi connectivity index (χ4n) is 2.32. The number of aromatic nitrogens is 2. The molecule has 0 saturated heterocycles. The van der Waals surface area contributed by atoms with E-state index in [9.17, 15) is 9.59 Å². The number of H-pyrrole nitrogens is 1.